The summed E-state index contributed by atoms with van der Waals surface area (Å²) in [7, 11) is 0. The van der Waals surface area contributed by atoms with Gasteiger partial charge in [-0.25, -0.2) is 4.68 Å². The van der Waals surface area contributed by atoms with Gasteiger partial charge in [-0.05, 0) is 37.5 Å². The maximum Gasteiger partial charge on any atom is 0.275 e. The van der Waals surface area contributed by atoms with Crippen molar-refractivity contribution in [2.75, 3.05) is 6.54 Å². The Kier molecular flexibility index (Phi) is 5.40. The van der Waals surface area contributed by atoms with E-state index in [0.29, 0.717) is 17.8 Å². The molecule has 1 heterocycles. The second-order valence-corrected chi connectivity index (χ2v) is 7.37. The second-order valence-electron chi connectivity index (χ2n) is 7.37. The molecule has 3 aromatic rings. The van der Waals surface area contributed by atoms with E-state index in [4.69, 9.17) is 0 Å². The van der Waals surface area contributed by atoms with E-state index in [9.17, 15) is 9.59 Å². The molecule has 0 aliphatic rings. The van der Waals surface area contributed by atoms with Crippen LogP contribution in [0.5, 0.6) is 0 Å². The van der Waals surface area contributed by atoms with Crippen LogP contribution in [0.3, 0.4) is 0 Å². The number of nitrogens with one attached hydrogen (secondary N) is 1. The highest BCUT2D eigenvalue weighted by Crippen LogP contribution is 2.28. The molecule has 5 nitrogen and oxygen atoms in total. The molecule has 0 saturated carbocycles. The van der Waals surface area contributed by atoms with Crippen molar-refractivity contribution in [3.8, 4) is 11.3 Å². The van der Waals surface area contributed by atoms with Gasteiger partial charge in [-0.15, -0.1) is 0 Å². The van der Waals surface area contributed by atoms with E-state index in [0.717, 1.165) is 27.8 Å². The molecule has 140 valence electrons. The molecule has 2 aromatic carbocycles. The quantitative estimate of drug-likeness (QED) is 0.755. The van der Waals surface area contributed by atoms with Crippen molar-refractivity contribution in [2.24, 2.45) is 5.92 Å². The van der Waals surface area contributed by atoms with Crippen molar-refractivity contribution in [2.45, 2.75) is 34.2 Å². The summed E-state index contributed by atoms with van der Waals surface area (Å²) >= 11 is 0. The summed E-state index contributed by atoms with van der Waals surface area (Å²) in [6, 6.07) is 13.6. The largest absolute Gasteiger partial charge is 0.354 e. The van der Waals surface area contributed by atoms with Gasteiger partial charge in [0.15, 0.2) is 0 Å². The van der Waals surface area contributed by atoms with E-state index in [2.05, 4.69) is 22.5 Å². The monoisotopic (exact) mass is 363 g/mol. The molecule has 5 heteroatoms. The molecule has 0 aliphatic carbocycles. The fourth-order valence-electron chi connectivity index (χ4n) is 3.04. The lowest BCUT2D eigenvalue weighted by Crippen LogP contribution is -2.35. The standard InChI is InChI=1S/C22H25N3O2/c1-14(2)12-23-20(26)13-25-22(27)18-8-6-5-7-17(18)21(24-25)19-11-15(3)9-10-16(19)4/h5-11,14H,12-13H2,1-4H3,(H,23,26). The number of rotatable bonds is 5. The molecule has 0 bridgehead atoms. The molecule has 0 radical (unpaired) electrons. The average molecular weight is 363 g/mol. The highest BCUT2D eigenvalue weighted by molar-refractivity contribution is 5.94. The number of amides is 1. The number of aryl methyl sites for hydroxylation is 2. The normalized spacial score (nSPS) is 11.1. The molecule has 0 aliphatic heterocycles. The first kappa shape index (κ1) is 18.8. The summed E-state index contributed by atoms with van der Waals surface area (Å²) in [5.74, 6) is 0.140. The Morgan fingerprint density at radius 2 is 1.81 bits per heavy atom. The smallest absolute Gasteiger partial charge is 0.275 e. The van der Waals surface area contributed by atoms with Gasteiger partial charge in [0.05, 0.1) is 11.1 Å². The fraction of sp³-hybridized carbons (Fsp3) is 0.318. The first-order chi connectivity index (χ1) is 12.9. The van der Waals surface area contributed by atoms with Crippen LogP contribution in [0.2, 0.25) is 0 Å². The van der Waals surface area contributed by atoms with Crippen LogP contribution in [-0.4, -0.2) is 22.2 Å². The SMILES string of the molecule is Cc1ccc(C)c(-c2nn(CC(=O)NCC(C)C)c(=O)c3ccccc23)c1. The van der Waals surface area contributed by atoms with Crippen LogP contribution in [-0.2, 0) is 11.3 Å². The van der Waals surface area contributed by atoms with E-state index < -0.39 is 0 Å². The van der Waals surface area contributed by atoms with Crippen LogP contribution in [0.4, 0.5) is 0 Å². The van der Waals surface area contributed by atoms with Crippen LogP contribution in [0.1, 0.15) is 25.0 Å². The predicted octanol–water partition coefficient (Wildman–Crippen LogP) is 3.45. The first-order valence-electron chi connectivity index (χ1n) is 9.21. The van der Waals surface area contributed by atoms with Crippen molar-refractivity contribution in [1.29, 1.82) is 0 Å². The molecule has 0 fully saturated rings. The number of carbonyl (C=O) groups is 1. The zero-order valence-electron chi connectivity index (χ0n) is 16.2. The summed E-state index contributed by atoms with van der Waals surface area (Å²) in [6.45, 7) is 8.59. The minimum absolute atomic E-state index is 0.0890. The van der Waals surface area contributed by atoms with Crippen LogP contribution < -0.4 is 10.9 Å². The van der Waals surface area contributed by atoms with Gasteiger partial charge in [0, 0.05) is 17.5 Å². The second kappa shape index (κ2) is 7.74. The lowest BCUT2D eigenvalue weighted by molar-refractivity contribution is -0.122. The van der Waals surface area contributed by atoms with Crippen molar-refractivity contribution < 1.29 is 4.79 Å². The summed E-state index contributed by atoms with van der Waals surface area (Å²) in [5.41, 5.74) is 3.64. The third-order valence-electron chi connectivity index (χ3n) is 4.52. The van der Waals surface area contributed by atoms with E-state index >= 15 is 0 Å². The number of fused-ring (bicyclic) bond motifs is 1. The zero-order valence-corrected chi connectivity index (χ0v) is 16.2. The van der Waals surface area contributed by atoms with Gasteiger partial charge in [0.1, 0.15) is 6.54 Å². The first-order valence-corrected chi connectivity index (χ1v) is 9.21. The third-order valence-corrected chi connectivity index (χ3v) is 4.52. The predicted molar refractivity (Wildman–Crippen MR) is 109 cm³/mol. The molecule has 0 atom stereocenters. The molecule has 3 rings (SSSR count). The summed E-state index contributed by atoms with van der Waals surface area (Å²) < 4.78 is 1.27. The van der Waals surface area contributed by atoms with E-state index in [1.54, 1.807) is 6.07 Å². The van der Waals surface area contributed by atoms with Crippen molar-refractivity contribution in [3.05, 3.63) is 63.9 Å². The number of hydrogen-bond acceptors (Lipinski definition) is 3. The Morgan fingerprint density at radius 1 is 1.11 bits per heavy atom. The van der Waals surface area contributed by atoms with Crippen LogP contribution in [0.25, 0.3) is 22.0 Å². The molecule has 0 spiro atoms. The minimum Gasteiger partial charge on any atom is -0.354 e. The number of aromatic nitrogens is 2. The molecule has 1 aromatic heterocycles. The number of benzene rings is 2. The molecule has 1 amide bonds. The Bertz CT molecular complexity index is 1050. The highest BCUT2D eigenvalue weighted by atomic mass is 16.2. The van der Waals surface area contributed by atoms with Gasteiger partial charge in [0.25, 0.3) is 5.56 Å². The summed E-state index contributed by atoms with van der Waals surface area (Å²) in [6.07, 6.45) is 0. The lowest BCUT2D eigenvalue weighted by Gasteiger charge is -2.14. The fourth-order valence-corrected chi connectivity index (χ4v) is 3.04. The van der Waals surface area contributed by atoms with E-state index in [1.165, 1.54) is 4.68 Å². The molecule has 0 saturated heterocycles. The molecule has 27 heavy (non-hydrogen) atoms. The average Bonchev–Trinajstić information content (AvgIpc) is 2.64. The molecule has 1 N–H and O–H groups in total. The van der Waals surface area contributed by atoms with Crippen LogP contribution >= 0.6 is 0 Å². The maximum atomic E-state index is 12.9. The van der Waals surface area contributed by atoms with Gasteiger partial charge in [-0.3, -0.25) is 9.59 Å². The number of nitrogens with zero attached hydrogens (tertiary/aromatic N) is 2. The molecular weight excluding hydrogens is 338 g/mol. The van der Waals surface area contributed by atoms with Crippen molar-refractivity contribution in [3.63, 3.8) is 0 Å². The van der Waals surface area contributed by atoms with Gasteiger partial charge in [0.2, 0.25) is 5.91 Å². The topological polar surface area (TPSA) is 64.0 Å². The van der Waals surface area contributed by atoms with Gasteiger partial charge < -0.3 is 5.32 Å². The van der Waals surface area contributed by atoms with Gasteiger partial charge in [-0.2, -0.15) is 5.10 Å². The number of carbonyl (C=O) groups excluding carboxylic acids is 1. The number of hydrogen-bond donors (Lipinski definition) is 1. The van der Waals surface area contributed by atoms with Crippen molar-refractivity contribution >= 4 is 16.7 Å². The highest BCUT2D eigenvalue weighted by Gasteiger charge is 2.15. The molecular formula is C22H25N3O2. The Morgan fingerprint density at radius 3 is 2.52 bits per heavy atom. The van der Waals surface area contributed by atoms with Gasteiger partial charge >= 0.3 is 0 Å². The van der Waals surface area contributed by atoms with Crippen LogP contribution in [0.15, 0.2) is 47.3 Å². The van der Waals surface area contributed by atoms with Gasteiger partial charge in [-0.1, -0.05) is 49.7 Å². The minimum atomic E-state index is -0.251. The maximum absolute atomic E-state index is 12.9. The Balaban J connectivity index is 2.14. The van der Waals surface area contributed by atoms with Crippen molar-refractivity contribution in [1.82, 2.24) is 15.1 Å². The molecule has 0 unspecified atom stereocenters. The van der Waals surface area contributed by atoms with E-state index in [-0.39, 0.29) is 18.0 Å². The Hall–Kier alpha value is -2.95. The van der Waals surface area contributed by atoms with Crippen LogP contribution in [0, 0.1) is 19.8 Å². The third kappa shape index (κ3) is 4.08. The lowest BCUT2D eigenvalue weighted by atomic mass is 9.99. The Labute approximate surface area is 159 Å². The summed E-state index contributed by atoms with van der Waals surface area (Å²) in [5, 5.41) is 8.80. The summed E-state index contributed by atoms with van der Waals surface area (Å²) in [4.78, 5) is 25.1. The van der Waals surface area contributed by atoms with E-state index in [1.807, 2.05) is 52.0 Å². The zero-order chi connectivity index (χ0) is 19.6.